The van der Waals surface area contributed by atoms with Crippen LogP contribution >= 0.6 is 0 Å². The van der Waals surface area contributed by atoms with Crippen LogP contribution in [0.3, 0.4) is 0 Å². The second kappa shape index (κ2) is 5.00. The molecule has 0 saturated carbocycles. The van der Waals surface area contributed by atoms with E-state index < -0.39 is 0 Å². The summed E-state index contributed by atoms with van der Waals surface area (Å²) >= 11 is 0. The summed E-state index contributed by atoms with van der Waals surface area (Å²) in [5.41, 5.74) is 5.27. The van der Waals surface area contributed by atoms with E-state index in [-0.39, 0.29) is 23.4 Å². The molecule has 4 nitrogen and oxygen atoms in total. The van der Waals surface area contributed by atoms with E-state index in [1.54, 1.807) is 13.2 Å². The minimum atomic E-state index is -0.319. The Morgan fingerprint density at radius 1 is 1.19 bits per heavy atom. The average molecular weight is 281 g/mol. The summed E-state index contributed by atoms with van der Waals surface area (Å²) in [6, 6.07) is 11.8. The second-order valence-electron chi connectivity index (χ2n) is 5.44. The Hall–Kier alpha value is -2.14. The zero-order valence-electron chi connectivity index (χ0n) is 12.3. The molecule has 0 radical (unpaired) electrons. The van der Waals surface area contributed by atoms with Crippen molar-refractivity contribution >= 4 is 23.3 Å². The van der Waals surface area contributed by atoms with Crippen molar-refractivity contribution in [3.63, 3.8) is 0 Å². The van der Waals surface area contributed by atoms with Crippen LogP contribution in [0.5, 0.6) is 0 Å². The standard InChI is InChI=1S/C16H16BNO3/c1-10(21-3)12-8-13-11-6-4-5-7-14(11)17(2)15(13)9-16(12)18(19)20/h4-10H,1-3H3. The van der Waals surface area contributed by atoms with Crippen LogP contribution in [0.1, 0.15) is 18.6 Å². The van der Waals surface area contributed by atoms with E-state index >= 15 is 0 Å². The van der Waals surface area contributed by atoms with E-state index in [4.69, 9.17) is 4.74 Å². The molecule has 5 heteroatoms. The minimum absolute atomic E-state index is 0.141. The number of nitro benzene ring substituents is 1. The first-order chi connectivity index (χ1) is 10.0. The van der Waals surface area contributed by atoms with Gasteiger partial charge in [0.25, 0.3) is 5.69 Å². The maximum absolute atomic E-state index is 11.4. The van der Waals surface area contributed by atoms with Crippen molar-refractivity contribution in [3.05, 3.63) is 52.1 Å². The molecule has 2 aromatic rings. The van der Waals surface area contributed by atoms with Crippen molar-refractivity contribution < 1.29 is 9.66 Å². The van der Waals surface area contributed by atoms with Crippen LogP contribution in [0.25, 0.3) is 11.1 Å². The fourth-order valence-corrected chi connectivity index (χ4v) is 3.11. The summed E-state index contributed by atoms with van der Waals surface area (Å²) in [5, 5.41) is 11.4. The number of fused-ring (bicyclic) bond motifs is 3. The van der Waals surface area contributed by atoms with Crippen LogP contribution < -0.4 is 10.9 Å². The zero-order valence-corrected chi connectivity index (χ0v) is 12.3. The molecule has 2 aromatic carbocycles. The highest BCUT2D eigenvalue weighted by Crippen LogP contribution is 2.33. The Morgan fingerprint density at radius 2 is 1.90 bits per heavy atom. The Balaban J connectivity index is 2.27. The molecule has 1 unspecified atom stereocenters. The van der Waals surface area contributed by atoms with E-state index in [0.29, 0.717) is 5.56 Å². The predicted molar refractivity (Wildman–Crippen MR) is 84.8 cm³/mol. The average Bonchev–Trinajstić information content (AvgIpc) is 2.78. The summed E-state index contributed by atoms with van der Waals surface area (Å²) in [7, 11) is 1.57. The largest absolute Gasteiger partial charge is 0.377 e. The molecule has 0 N–H and O–H groups in total. The van der Waals surface area contributed by atoms with Crippen LogP contribution in [0.2, 0.25) is 6.82 Å². The lowest BCUT2D eigenvalue weighted by atomic mass is 9.45. The highest BCUT2D eigenvalue weighted by molar-refractivity contribution is 6.88. The van der Waals surface area contributed by atoms with Gasteiger partial charge in [0.1, 0.15) is 0 Å². The molecule has 0 saturated heterocycles. The SMILES string of the molecule is COC(C)c1cc2c(cc1[N+](=O)[O-])B(C)c1ccccc1-2. The van der Waals surface area contributed by atoms with Gasteiger partial charge < -0.3 is 4.74 Å². The highest BCUT2D eigenvalue weighted by atomic mass is 16.6. The molecule has 0 aliphatic carbocycles. The van der Waals surface area contributed by atoms with Gasteiger partial charge in [-0.15, -0.1) is 0 Å². The van der Waals surface area contributed by atoms with E-state index in [1.165, 1.54) is 11.0 Å². The van der Waals surface area contributed by atoms with Gasteiger partial charge in [-0.2, -0.15) is 0 Å². The lowest BCUT2D eigenvalue weighted by molar-refractivity contribution is -0.386. The molecule has 106 valence electrons. The van der Waals surface area contributed by atoms with Crippen LogP contribution in [0, 0.1) is 10.1 Å². The van der Waals surface area contributed by atoms with E-state index in [2.05, 4.69) is 19.0 Å². The summed E-state index contributed by atoms with van der Waals surface area (Å²) in [5.74, 6) is 0. The summed E-state index contributed by atoms with van der Waals surface area (Å²) in [6.45, 7) is 4.11. The Bertz CT molecular complexity index is 729. The molecule has 0 fully saturated rings. The van der Waals surface area contributed by atoms with Gasteiger partial charge in [-0.3, -0.25) is 10.1 Å². The summed E-state index contributed by atoms with van der Waals surface area (Å²) in [4.78, 5) is 11.1. The molecule has 0 bridgehead atoms. The molecule has 0 aromatic heterocycles. The molecular formula is C16H16BNO3. The molecule has 0 amide bonds. The van der Waals surface area contributed by atoms with E-state index in [1.807, 2.05) is 25.1 Å². The maximum atomic E-state index is 11.4. The predicted octanol–water partition coefficient (Wildman–Crippen LogP) is 2.52. The van der Waals surface area contributed by atoms with E-state index in [9.17, 15) is 10.1 Å². The van der Waals surface area contributed by atoms with E-state index in [0.717, 1.165) is 11.0 Å². The monoisotopic (exact) mass is 281 g/mol. The van der Waals surface area contributed by atoms with Gasteiger partial charge >= 0.3 is 0 Å². The number of benzene rings is 2. The first kappa shape index (κ1) is 13.8. The van der Waals surface area contributed by atoms with Gasteiger partial charge in [-0.25, -0.2) is 0 Å². The molecule has 1 atom stereocenters. The molecule has 1 aliphatic rings. The molecule has 1 heterocycles. The molecule has 3 rings (SSSR count). The third-order valence-corrected chi connectivity index (χ3v) is 4.37. The van der Waals surface area contributed by atoms with Crippen molar-refractivity contribution in [1.82, 2.24) is 0 Å². The first-order valence-corrected chi connectivity index (χ1v) is 6.99. The van der Waals surface area contributed by atoms with Gasteiger partial charge in [0.05, 0.1) is 16.6 Å². The zero-order chi connectivity index (χ0) is 15.1. The topological polar surface area (TPSA) is 52.4 Å². The Labute approximate surface area is 124 Å². The van der Waals surface area contributed by atoms with Gasteiger partial charge in [-0.05, 0) is 24.1 Å². The number of ether oxygens (including phenoxy) is 1. The third-order valence-electron chi connectivity index (χ3n) is 4.37. The van der Waals surface area contributed by atoms with Crippen LogP contribution in [0.15, 0.2) is 36.4 Å². The van der Waals surface area contributed by atoms with Crippen LogP contribution in [-0.4, -0.2) is 18.7 Å². The number of nitrogens with zero attached hydrogens (tertiary/aromatic N) is 1. The quantitative estimate of drug-likeness (QED) is 0.493. The van der Waals surface area contributed by atoms with Crippen molar-refractivity contribution in [2.24, 2.45) is 0 Å². The van der Waals surface area contributed by atoms with Crippen molar-refractivity contribution in [2.45, 2.75) is 19.9 Å². The maximum Gasteiger partial charge on any atom is 0.274 e. The fraction of sp³-hybridized carbons (Fsp3) is 0.250. The van der Waals surface area contributed by atoms with Gasteiger partial charge in [0.2, 0.25) is 6.71 Å². The third kappa shape index (κ3) is 2.05. The highest BCUT2D eigenvalue weighted by Gasteiger charge is 2.32. The summed E-state index contributed by atoms with van der Waals surface area (Å²) < 4.78 is 5.30. The summed E-state index contributed by atoms with van der Waals surface area (Å²) in [6.07, 6.45) is -0.307. The fourth-order valence-electron chi connectivity index (χ4n) is 3.11. The number of rotatable bonds is 3. The van der Waals surface area contributed by atoms with Gasteiger partial charge in [0, 0.05) is 13.2 Å². The number of methoxy groups -OCH3 is 1. The first-order valence-electron chi connectivity index (χ1n) is 6.99. The lowest BCUT2D eigenvalue weighted by Crippen LogP contribution is -2.34. The van der Waals surface area contributed by atoms with Crippen LogP contribution in [-0.2, 0) is 4.74 Å². The minimum Gasteiger partial charge on any atom is -0.377 e. The number of hydrogen-bond donors (Lipinski definition) is 0. The number of hydrogen-bond acceptors (Lipinski definition) is 3. The number of nitro groups is 1. The Kier molecular flexibility index (Phi) is 3.30. The lowest BCUT2D eigenvalue weighted by Gasteiger charge is -2.13. The smallest absolute Gasteiger partial charge is 0.274 e. The van der Waals surface area contributed by atoms with Gasteiger partial charge in [-0.1, -0.05) is 42.0 Å². The second-order valence-corrected chi connectivity index (χ2v) is 5.44. The van der Waals surface area contributed by atoms with Crippen molar-refractivity contribution in [2.75, 3.05) is 7.11 Å². The molecule has 0 spiro atoms. The molecular weight excluding hydrogens is 265 g/mol. The van der Waals surface area contributed by atoms with Gasteiger partial charge in [0.15, 0.2) is 0 Å². The van der Waals surface area contributed by atoms with Crippen LogP contribution in [0.4, 0.5) is 5.69 Å². The molecule has 21 heavy (non-hydrogen) atoms. The van der Waals surface area contributed by atoms with Crippen molar-refractivity contribution in [1.29, 1.82) is 0 Å². The molecule has 1 aliphatic heterocycles. The Morgan fingerprint density at radius 3 is 2.57 bits per heavy atom. The van der Waals surface area contributed by atoms with Crippen molar-refractivity contribution in [3.8, 4) is 11.1 Å². The normalized spacial score (nSPS) is 13.8.